The normalized spacial score (nSPS) is 30.5. The van der Waals surface area contributed by atoms with Gasteiger partial charge < -0.3 is 10.6 Å². The van der Waals surface area contributed by atoms with Crippen molar-refractivity contribution in [3.05, 3.63) is 11.3 Å². The largest absolute Gasteiger partial charge is 0.364 e. The number of nitrogens with one attached hydrogen (secondary N) is 3. The van der Waals surface area contributed by atoms with Crippen LogP contribution < -0.4 is 10.6 Å². The molecule has 3 rings (SSSR count). The van der Waals surface area contributed by atoms with Crippen molar-refractivity contribution in [3.8, 4) is 0 Å². The molecule has 3 N–H and O–H groups in total. The standard InChI is InChI=1S/C13H22N4/c1-8-6-13(2,3)10-11(8)16-17-12(10)15-9-4-5-14-7-9/h8-9,14H,4-7H2,1-3H3,(H2,15,16,17). The molecule has 1 aliphatic heterocycles. The molecule has 2 unspecified atom stereocenters. The first-order chi connectivity index (χ1) is 8.08. The topological polar surface area (TPSA) is 52.7 Å². The lowest BCUT2D eigenvalue weighted by Gasteiger charge is -2.21. The van der Waals surface area contributed by atoms with Crippen LogP contribution in [-0.4, -0.2) is 29.3 Å². The van der Waals surface area contributed by atoms with Gasteiger partial charge in [-0.2, -0.15) is 5.10 Å². The molecule has 17 heavy (non-hydrogen) atoms. The van der Waals surface area contributed by atoms with E-state index < -0.39 is 0 Å². The van der Waals surface area contributed by atoms with Crippen molar-refractivity contribution in [1.29, 1.82) is 0 Å². The van der Waals surface area contributed by atoms with E-state index in [1.165, 1.54) is 24.1 Å². The van der Waals surface area contributed by atoms with Crippen molar-refractivity contribution >= 4 is 5.82 Å². The number of anilines is 1. The van der Waals surface area contributed by atoms with Crippen molar-refractivity contribution in [2.75, 3.05) is 18.4 Å². The van der Waals surface area contributed by atoms with Gasteiger partial charge in [0.05, 0.1) is 0 Å². The molecule has 1 fully saturated rings. The van der Waals surface area contributed by atoms with E-state index >= 15 is 0 Å². The molecule has 0 radical (unpaired) electrons. The van der Waals surface area contributed by atoms with Gasteiger partial charge in [-0.15, -0.1) is 0 Å². The summed E-state index contributed by atoms with van der Waals surface area (Å²) in [6.45, 7) is 9.10. The minimum absolute atomic E-state index is 0.246. The molecule has 0 spiro atoms. The van der Waals surface area contributed by atoms with Gasteiger partial charge in [-0.3, -0.25) is 5.10 Å². The van der Waals surface area contributed by atoms with Gasteiger partial charge in [0.25, 0.3) is 0 Å². The first kappa shape index (κ1) is 11.1. The smallest absolute Gasteiger partial charge is 0.152 e. The van der Waals surface area contributed by atoms with E-state index in [9.17, 15) is 0 Å². The fourth-order valence-electron chi connectivity index (χ4n) is 3.44. The number of nitrogens with zero attached hydrogens (tertiary/aromatic N) is 1. The third-order valence-electron chi connectivity index (χ3n) is 4.18. The number of hydrogen-bond acceptors (Lipinski definition) is 3. The maximum atomic E-state index is 4.48. The number of aromatic nitrogens is 2. The average molecular weight is 234 g/mol. The molecule has 1 aliphatic carbocycles. The Kier molecular flexibility index (Phi) is 2.43. The molecule has 0 aromatic carbocycles. The predicted molar refractivity (Wildman–Crippen MR) is 69.5 cm³/mol. The van der Waals surface area contributed by atoms with Gasteiger partial charge in [0, 0.05) is 23.8 Å². The van der Waals surface area contributed by atoms with Crippen molar-refractivity contribution in [1.82, 2.24) is 15.5 Å². The molecular weight excluding hydrogens is 212 g/mol. The molecule has 0 saturated carbocycles. The lowest BCUT2D eigenvalue weighted by atomic mass is 9.86. The lowest BCUT2D eigenvalue weighted by Crippen LogP contribution is -2.24. The Hall–Kier alpha value is -1.03. The van der Waals surface area contributed by atoms with Crippen molar-refractivity contribution in [3.63, 3.8) is 0 Å². The quantitative estimate of drug-likeness (QED) is 0.733. The van der Waals surface area contributed by atoms with E-state index in [0.29, 0.717) is 12.0 Å². The van der Waals surface area contributed by atoms with Gasteiger partial charge in [-0.05, 0) is 30.7 Å². The second-order valence-electron chi connectivity index (χ2n) is 6.18. The Morgan fingerprint density at radius 2 is 2.24 bits per heavy atom. The van der Waals surface area contributed by atoms with E-state index in [1.807, 2.05) is 0 Å². The summed E-state index contributed by atoms with van der Waals surface area (Å²) in [5.41, 5.74) is 3.00. The number of hydrogen-bond donors (Lipinski definition) is 3. The third-order valence-corrected chi connectivity index (χ3v) is 4.18. The fraction of sp³-hybridized carbons (Fsp3) is 0.769. The van der Waals surface area contributed by atoms with Gasteiger partial charge in [-0.1, -0.05) is 20.8 Å². The Labute approximate surface area is 103 Å². The molecule has 0 bridgehead atoms. The molecule has 1 aromatic heterocycles. The fourth-order valence-corrected chi connectivity index (χ4v) is 3.44. The highest BCUT2D eigenvalue weighted by molar-refractivity contribution is 5.55. The zero-order valence-corrected chi connectivity index (χ0v) is 10.9. The van der Waals surface area contributed by atoms with Crippen molar-refractivity contribution in [2.24, 2.45) is 0 Å². The van der Waals surface area contributed by atoms with Gasteiger partial charge in [-0.25, -0.2) is 0 Å². The van der Waals surface area contributed by atoms with Crippen molar-refractivity contribution < 1.29 is 0 Å². The van der Waals surface area contributed by atoms with Crippen LogP contribution in [0, 0.1) is 0 Å². The molecule has 2 atom stereocenters. The summed E-state index contributed by atoms with van der Waals surface area (Å²) in [5, 5.41) is 14.7. The van der Waals surface area contributed by atoms with Crippen molar-refractivity contribution in [2.45, 2.75) is 51.0 Å². The molecular formula is C13H22N4. The summed E-state index contributed by atoms with van der Waals surface area (Å²) in [5.74, 6) is 1.69. The van der Waals surface area contributed by atoms with E-state index in [1.54, 1.807) is 0 Å². The van der Waals surface area contributed by atoms with E-state index in [0.717, 1.165) is 18.9 Å². The number of H-pyrrole nitrogens is 1. The minimum Gasteiger partial charge on any atom is -0.364 e. The Bertz CT molecular complexity index is 415. The Morgan fingerprint density at radius 1 is 1.41 bits per heavy atom. The maximum absolute atomic E-state index is 4.48. The third kappa shape index (κ3) is 1.75. The Morgan fingerprint density at radius 3 is 2.94 bits per heavy atom. The maximum Gasteiger partial charge on any atom is 0.152 e. The first-order valence-corrected chi connectivity index (χ1v) is 6.64. The first-order valence-electron chi connectivity index (χ1n) is 6.64. The number of rotatable bonds is 2. The van der Waals surface area contributed by atoms with Crippen LogP contribution in [0.25, 0.3) is 0 Å². The van der Waals surface area contributed by atoms with E-state index in [2.05, 4.69) is 41.6 Å². The highest BCUT2D eigenvalue weighted by Gasteiger charge is 2.39. The monoisotopic (exact) mass is 234 g/mol. The van der Waals surface area contributed by atoms with Crippen LogP contribution in [0.5, 0.6) is 0 Å². The number of aromatic amines is 1. The Balaban J connectivity index is 1.89. The highest BCUT2D eigenvalue weighted by Crippen LogP contribution is 2.47. The van der Waals surface area contributed by atoms with E-state index in [4.69, 9.17) is 0 Å². The molecule has 0 amide bonds. The molecule has 1 saturated heterocycles. The SMILES string of the molecule is CC1CC(C)(C)c2c(NC3CCNC3)n[nH]c21. The zero-order chi connectivity index (χ0) is 12.0. The van der Waals surface area contributed by atoms with E-state index in [-0.39, 0.29) is 5.41 Å². The van der Waals surface area contributed by atoms with Gasteiger partial charge in [0.1, 0.15) is 0 Å². The average Bonchev–Trinajstić information content (AvgIpc) is 2.89. The summed E-state index contributed by atoms with van der Waals surface area (Å²) in [4.78, 5) is 0. The summed E-state index contributed by atoms with van der Waals surface area (Å²) in [6, 6.07) is 0.536. The van der Waals surface area contributed by atoms with Crippen LogP contribution in [-0.2, 0) is 5.41 Å². The summed E-state index contributed by atoms with van der Waals surface area (Å²) >= 11 is 0. The minimum atomic E-state index is 0.246. The predicted octanol–water partition coefficient (Wildman–Crippen LogP) is 1.97. The molecule has 2 heterocycles. The summed E-state index contributed by atoms with van der Waals surface area (Å²) in [6.07, 6.45) is 2.41. The van der Waals surface area contributed by atoms with Crippen LogP contribution >= 0.6 is 0 Å². The van der Waals surface area contributed by atoms with Crippen LogP contribution in [0.15, 0.2) is 0 Å². The number of fused-ring (bicyclic) bond motifs is 1. The highest BCUT2D eigenvalue weighted by atomic mass is 15.2. The molecule has 1 aromatic rings. The summed E-state index contributed by atoms with van der Waals surface area (Å²) < 4.78 is 0. The van der Waals surface area contributed by atoms with Crippen LogP contribution in [0.1, 0.15) is 50.8 Å². The van der Waals surface area contributed by atoms with Crippen LogP contribution in [0.4, 0.5) is 5.82 Å². The molecule has 4 heteroatoms. The lowest BCUT2D eigenvalue weighted by molar-refractivity contribution is 0.485. The zero-order valence-electron chi connectivity index (χ0n) is 10.9. The van der Waals surface area contributed by atoms with Crippen LogP contribution in [0.3, 0.4) is 0 Å². The van der Waals surface area contributed by atoms with Gasteiger partial charge >= 0.3 is 0 Å². The van der Waals surface area contributed by atoms with Gasteiger partial charge in [0.2, 0.25) is 0 Å². The molecule has 2 aliphatic rings. The van der Waals surface area contributed by atoms with Crippen LogP contribution in [0.2, 0.25) is 0 Å². The summed E-state index contributed by atoms with van der Waals surface area (Å²) in [7, 11) is 0. The molecule has 4 nitrogen and oxygen atoms in total. The van der Waals surface area contributed by atoms with Gasteiger partial charge in [0.15, 0.2) is 5.82 Å². The second kappa shape index (κ2) is 3.73. The second-order valence-corrected chi connectivity index (χ2v) is 6.18. The molecule has 94 valence electrons.